The van der Waals surface area contributed by atoms with Gasteiger partial charge in [-0.2, -0.15) is 0 Å². The third-order valence-electron chi connectivity index (χ3n) is 1.98. The first-order valence-corrected chi connectivity index (χ1v) is 5.54. The lowest BCUT2D eigenvalue weighted by atomic mass is 10.1. The van der Waals surface area contributed by atoms with Crippen LogP contribution in [-0.4, -0.2) is 23.7 Å². The van der Waals surface area contributed by atoms with Crippen LogP contribution in [0.1, 0.15) is 5.56 Å². The lowest BCUT2D eigenvalue weighted by molar-refractivity contribution is -0.136. The highest BCUT2D eigenvalue weighted by atomic mass is 35.5. The second-order valence-electron chi connectivity index (χ2n) is 3.60. The minimum absolute atomic E-state index is 0.0877. The first-order chi connectivity index (χ1) is 8.47. The van der Waals surface area contributed by atoms with Gasteiger partial charge >= 0.3 is 12.0 Å². The molecule has 6 heteroatoms. The van der Waals surface area contributed by atoms with Crippen LogP contribution in [0.2, 0.25) is 0 Å². The van der Waals surface area contributed by atoms with Crippen molar-refractivity contribution in [2.75, 3.05) is 11.9 Å². The monoisotopic (exact) mass is 268 g/mol. The fraction of sp³-hybridized carbons (Fsp3) is 0.167. The molecule has 18 heavy (non-hydrogen) atoms. The summed E-state index contributed by atoms with van der Waals surface area (Å²) in [5.41, 5.74) is 1.13. The van der Waals surface area contributed by atoms with Crippen molar-refractivity contribution < 1.29 is 14.7 Å². The van der Waals surface area contributed by atoms with E-state index >= 15 is 0 Å². The molecule has 0 fully saturated rings. The van der Waals surface area contributed by atoms with Crippen molar-refractivity contribution in [1.29, 1.82) is 0 Å². The quantitative estimate of drug-likeness (QED) is 0.766. The van der Waals surface area contributed by atoms with Crippen LogP contribution < -0.4 is 10.6 Å². The third kappa shape index (κ3) is 5.36. The average Bonchev–Trinajstić information content (AvgIpc) is 2.26. The van der Waals surface area contributed by atoms with Gasteiger partial charge in [-0.25, -0.2) is 4.79 Å². The van der Waals surface area contributed by atoms with Gasteiger partial charge in [0.2, 0.25) is 0 Å². The summed E-state index contributed by atoms with van der Waals surface area (Å²) in [7, 11) is 0. The van der Waals surface area contributed by atoms with Gasteiger partial charge in [-0.05, 0) is 17.7 Å². The molecule has 0 aliphatic rings. The zero-order valence-corrected chi connectivity index (χ0v) is 10.3. The maximum Gasteiger partial charge on any atom is 0.319 e. The molecule has 0 aromatic heterocycles. The Kier molecular flexibility index (Phi) is 5.20. The van der Waals surface area contributed by atoms with E-state index in [1.807, 2.05) is 0 Å². The number of carboxylic acids is 1. The summed E-state index contributed by atoms with van der Waals surface area (Å²) >= 11 is 5.51. The number of anilines is 1. The van der Waals surface area contributed by atoms with Gasteiger partial charge < -0.3 is 15.7 Å². The van der Waals surface area contributed by atoms with Crippen LogP contribution in [0.4, 0.5) is 10.5 Å². The molecule has 0 saturated heterocycles. The van der Waals surface area contributed by atoms with E-state index in [0.29, 0.717) is 16.3 Å². The Balaban J connectivity index is 2.58. The highest BCUT2D eigenvalue weighted by Crippen LogP contribution is 2.11. The van der Waals surface area contributed by atoms with Crippen molar-refractivity contribution in [2.24, 2.45) is 0 Å². The van der Waals surface area contributed by atoms with Crippen LogP contribution in [0.25, 0.3) is 0 Å². The molecular weight excluding hydrogens is 256 g/mol. The number of urea groups is 1. The van der Waals surface area contributed by atoms with E-state index in [-0.39, 0.29) is 13.0 Å². The minimum atomic E-state index is -0.921. The molecule has 0 atom stereocenters. The molecule has 3 N–H and O–H groups in total. The zero-order valence-electron chi connectivity index (χ0n) is 9.57. The Morgan fingerprint density at radius 3 is 2.72 bits per heavy atom. The van der Waals surface area contributed by atoms with Crippen LogP contribution in [0.3, 0.4) is 0 Å². The maximum absolute atomic E-state index is 11.4. The first-order valence-electron chi connectivity index (χ1n) is 5.16. The van der Waals surface area contributed by atoms with Crippen molar-refractivity contribution in [2.45, 2.75) is 6.42 Å². The van der Waals surface area contributed by atoms with Gasteiger partial charge in [0.25, 0.3) is 0 Å². The number of carbonyl (C=O) groups is 2. The van der Waals surface area contributed by atoms with Crippen molar-refractivity contribution >= 4 is 29.3 Å². The highest BCUT2D eigenvalue weighted by molar-refractivity contribution is 6.29. The normalized spacial score (nSPS) is 9.61. The van der Waals surface area contributed by atoms with Gasteiger partial charge in [0.15, 0.2) is 0 Å². The Hall–Kier alpha value is -2.01. The molecule has 2 amide bonds. The number of carbonyl (C=O) groups excluding carboxylic acids is 1. The molecule has 0 spiro atoms. The number of aliphatic carboxylic acids is 1. The van der Waals surface area contributed by atoms with E-state index in [9.17, 15) is 9.59 Å². The minimum Gasteiger partial charge on any atom is -0.481 e. The maximum atomic E-state index is 11.4. The van der Waals surface area contributed by atoms with Crippen LogP contribution in [0.5, 0.6) is 0 Å². The second-order valence-corrected chi connectivity index (χ2v) is 4.13. The summed E-state index contributed by atoms with van der Waals surface area (Å²) in [6.07, 6.45) is -0.0877. The largest absolute Gasteiger partial charge is 0.481 e. The van der Waals surface area contributed by atoms with E-state index in [4.69, 9.17) is 16.7 Å². The smallest absolute Gasteiger partial charge is 0.319 e. The fourth-order valence-corrected chi connectivity index (χ4v) is 1.35. The highest BCUT2D eigenvalue weighted by Gasteiger charge is 2.04. The van der Waals surface area contributed by atoms with Gasteiger partial charge in [-0.15, -0.1) is 0 Å². The number of hydrogen-bond acceptors (Lipinski definition) is 2. The van der Waals surface area contributed by atoms with E-state index < -0.39 is 12.0 Å². The topological polar surface area (TPSA) is 78.4 Å². The molecule has 0 aliphatic heterocycles. The SMILES string of the molecule is C=C(Cl)CNC(=O)Nc1cccc(CC(=O)O)c1. The van der Waals surface area contributed by atoms with E-state index in [0.717, 1.165) is 0 Å². The molecule has 1 aromatic carbocycles. The Labute approximate surface area is 109 Å². The third-order valence-corrected chi connectivity index (χ3v) is 2.11. The Bertz CT molecular complexity index is 474. The average molecular weight is 269 g/mol. The summed E-state index contributed by atoms with van der Waals surface area (Å²) in [6.45, 7) is 3.61. The molecule has 0 aliphatic carbocycles. The number of hydrogen-bond donors (Lipinski definition) is 3. The lowest BCUT2D eigenvalue weighted by Crippen LogP contribution is -2.29. The molecule has 1 rings (SSSR count). The fourth-order valence-electron chi connectivity index (χ4n) is 1.29. The molecule has 96 valence electrons. The van der Waals surface area contributed by atoms with Crippen molar-refractivity contribution in [3.05, 3.63) is 41.4 Å². The van der Waals surface area contributed by atoms with Crippen LogP contribution in [0, 0.1) is 0 Å². The molecule has 0 unspecified atom stereocenters. The van der Waals surface area contributed by atoms with Crippen LogP contribution in [0.15, 0.2) is 35.9 Å². The van der Waals surface area contributed by atoms with Crippen molar-refractivity contribution in [3.8, 4) is 0 Å². The van der Waals surface area contributed by atoms with E-state index in [1.54, 1.807) is 24.3 Å². The second kappa shape index (κ2) is 6.66. The van der Waals surface area contributed by atoms with Crippen LogP contribution in [-0.2, 0) is 11.2 Å². The number of amides is 2. The van der Waals surface area contributed by atoms with Gasteiger partial charge in [-0.3, -0.25) is 4.79 Å². The molecule has 1 aromatic rings. The molecule has 0 bridgehead atoms. The zero-order chi connectivity index (χ0) is 13.5. The molecular formula is C12H13ClN2O3. The summed E-state index contributed by atoms with van der Waals surface area (Å²) in [5.74, 6) is -0.921. The predicted molar refractivity (Wildman–Crippen MR) is 69.8 cm³/mol. The first kappa shape index (κ1) is 14.1. The number of nitrogens with one attached hydrogen (secondary N) is 2. The molecule has 0 heterocycles. The number of benzene rings is 1. The number of halogens is 1. The number of rotatable bonds is 5. The summed E-state index contributed by atoms with van der Waals surface area (Å²) in [6, 6.07) is 6.19. The summed E-state index contributed by atoms with van der Waals surface area (Å²) in [4.78, 5) is 22.0. The molecule has 0 saturated carbocycles. The van der Waals surface area contributed by atoms with Gasteiger partial charge in [0.05, 0.1) is 13.0 Å². The van der Waals surface area contributed by atoms with Crippen LogP contribution >= 0.6 is 11.6 Å². The van der Waals surface area contributed by atoms with Gasteiger partial charge in [0.1, 0.15) is 0 Å². The van der Waals surface area contributed by atoms with Gasteiger partial charge in [-0.1, -0.05) is 30.3 Å². The van der Waals surface area contributed by atoms with E-state index in [1.165, 1.54) is 0 Å². The molecule has 5 nitrogen and oxygen atoms in total. The Morgan fingerprint density at radius 2 is 2.11 bits per heavy atom. The lowest BCUT2D eigenvalue weighted by Gasteiger charge is -2.07. The predicted octanol–water partition coefficient (Wildman–Crippen LogP) is 2.19. The van der Waals surface area contributed by atoms with Gasteiger partial charge in [0, 0.05) is 10.7 Å². The van der Waals surface area contributed by atoms with Crippen molar-refractivity contribution in [1.82, 2.24) is 5.32 Å². The summed E-state index contributed by atoms with van der Waals surface area (Å²) < 4.78 is 0. The molecule has 0 radical (unpaired) electrons. The van der Waals surface area contributed by atoms with Crippen molar-refractivity contribution in [3.63, 3.8) is 0 Å². The number of carboxylic acid groups (broad SMARTS) is 1. The van der Waals surface area contributed by atoms with E-state index in [2.05, 4.69) is 17.2 Å². The Morgan fingerprint density at radius 1 is 1.39 bits per heavy atom. The standard InChI is InChI=1S/C12H13ClN2O3/c1-8(13)7-14-12(18)15-10-4-2-3-9(5-10)6-11(16)17/h2-5H,1,6-7H2,(H,16,17)(H2,14,15,18). The summed E-state index contributed by atoms with van der Waals surface area (Å²) in [5, 5.41) is 14.0.